The Balaban J connectivity index is 1.36. The molecule has 2 aromatic rings. The molecule has 0 radical (unpaired) electrons. The zero-order valence-corrected chi connectivity index (χ0v) is 31.2. The van der Waals surface area contributed by atoms with Crippen molar-refractivity contribution >= 4 is 29.1 Å². The summed E-state index contributed by atoms with van der Waals surface area (Å²) in [6.07, 6.45) is 4.40. The van der Waals surface area contributed by atoms with E-state index in [1.165, 1.54) is 6.08 Å². The minimum Gasteiger partial charge on any atom is -0.491 e. The Bertz CT molecular complexity index is 1540. The molecule has 278 valence electrons. The summed E-state index contributed by atoms with van der Waals surface area (Å²) in [7, 11) is 1.88. The molecule has 0 saturated carbocycles. The number of likely N-dealkylation sites (N-methyl/N-ethyl adjacent to an activating group) is 1. The van der Waals surface area contributed by atoms with Crippen LogP contribution in [0.5, 0.6) is 5.75 Å². The van der Waals surface area contributed by atoms with Gasteiger partial charge in [0.25, 0.3) is 5.91 Å². The Kier molecular flexibility index (Phi) is 15.8. The Morgan fingerprint density at radius 1 is 1.06 bits per heavy atom. The topological polar surface area (TPSA) is 132 Å². The molecule has 0 bridgehead atoms. The second-order valence-electron chi connectivity index (χ2n) is 12.8. The number of carbonyl (C=O) groups is 3. The highest BCUT2D eigenvalue weighted by molar-refractivity contribution is 7.13. The van der Waals surface area contributed by atoms with Gasteiger partial charge in [-0.15, -0.1) is 11.3 Å². The summed E-state index contributed by atoms with van der Waals surface area (Å²) < 4.78 is 22.9. The molecule has 2 aliphatic heterocycles. The van der Waals surface area contributed by atoms with E-state index in [2.05, 4.69) is 28.8 Å². The van der Waals surface area contributed by atoms with E-state index >= 15 is 0 Å². The van der Waals surface area contributed by atoms with Crippen molar-refractivity contribution < 1.29 is 33.3 Å². The van der Waals surface area contributed by atoms with E-state index in [1.807, 2.05) is 51.5 Å². The van der Waals surface area contributed by atoms with Gasteiger partial charge < -0.3 is 39.4 Å². The second-order valence-corrected chi connectivity index (χ2v) is 13.6. The molecule has 3 amide bonds. The Morgan fingerprint density at radius 3 is 2.37 bits per heavy atom. The number of hydrogen-bond acceptors (Lipinski definition) is 10. The summed E-state index contributed by atoms with van der Waals surface area (Å²) in [6, 6.07) is 4.57. The van der Waals surface area contributed by atoms with E-state index in [0.29, 0.717) is 77.0 Å². The second kappa shape index (κ2) is 20.2. The predicted molar refractivity (Wildman–Crippen MR) is 199 cm³/mol. The molecule has 1 saturated heterocycles. The van der Waals surface area contributed by atoms with E-state index in [4.69, 9.17) is 18.9 Å². The van der Waals surface area contributed by atoms with Crippen LogP contribution in [0.15, 0.2) is 60.2 Å². The van der Waals surface area contributed by atoms with Gasteiger partial charge in [-0.25, -0.2) is 4.98 Å². The third-order valence-electron chi connectivity index (χ3n) is 8.94. The number of hydrogen-bond donors (Lipinski definition) is 2. The van der Waals surface area contributed by atoms with E-state index in [9.17, 15) is 14.4 Å². The third-order valence-corrected chi connectivity index (χ3v) is 9.92. The summed E-state index contributed by atoms with van der Waals surface area (Å²) in [5.74, 6) is -0.227. The quantitative estimate of drug-likeness (QED) is 0.174. The smallest absolute Gasteiger partial charge is 0.255 e. The summed E-state index contributed by atoms with van der Waals surface area (Å²) in [5.41, 5.74) is 5.73. The molecule has 2 unspecified atom stereocenters. The van der Waals surface area contributed by atoms with E-state index in [1.54, 1.807) is 27.2 Å². The lowest BCUT2D eigenvalue weighted by Crippen LogP contribution is -2.55. The van der Waals surface area contributed by atoms with Crippen molar-refractivity contribution in [1.82, 2.24) is 25.4 Å². The maximum Gasteiger partial charge on any atom is 0.255 e. The van der Waals surface area contributed by atoms with Gasteiger partial charge in [-0.3, -0.25) is 14.4 Å². The minimum absolute atomic E-state index is 0.161. The normalized spacial score (nSPS) is 16.6. The lowest BCUT2D eigenvalue weighted by Gasteiger charge is -2.35. The average molecular weight is 724 g/mol. The van der Waals surface area contributed by atoms with Crippen LogP contribution in [-0.4, -0.2) is 118 Å². The fourth-order valence-corrected chi connectivity index (χ4v) is 7.09. The Morgan fingerprint density at radius 2 is 1.76 bits per heavy atom. The number of nitrogens with zero attached hydrogens (tertiary/aromatic N) is 3. The fraction of sp³-hybridized carbons (Fsp3) is 0.526. The van der Waals surface area contributed by atoms with Crippen LogP contribution in [0, 0.1) is 12.8 Å². The number of thiazole rings is 1. The minimum atomic E-state index is -0.711. The van der Waals surface area contributed by atoms with Crippen molar-refractivity contribution in [1.29, 1.82) is 0 Å². The lowest BCUT2D eigenvalue weighted by atomic mass is 10.00. The van der Waals surface area contributed by atoms with Crippen LogP contribution in [0.25, 0.3) is 10.4 Å². The molecular weight excluding hydrogens is 671 g/mol. The predicted octanol–water partition coefficient (Wildman–Crippen LogP) is 3.91. The van der Waals surface area contributed by atoms with Crippen LogP contribution >= 0.6 is 11.3 Å². The van der Waals surface area contributed by atoms with Crippen LogP contribution in [0.4, 0.5) is 0 Å². The van der Waals surface area contributed by atoms with Crippen molar-refractivity contribution in [2.75, 3.05) is 72.9 Å². The van der Waals surface area contributed by atoms with Gasteiger partial charge in [-0.1, -0.05) is 51.3 Å². The van der Waals surface area contributed by atoms with Crippen molar-refractivity contribution in [2.24, 2.45) is 5.92 Å². The molecule has 0 spiro atoms. The molecule has 4 rings (SSSR count). The number of rotatable bonds is 22. The molecule has 1 fully saturated rings. The first-order chi connectivity index (χ1) is 24.7. The first-order valence-electron chi connectivity index (χ1n) is 17.6. The van der Waals surface area contributed by atoms with E-state index < -0.39 is 12.1 Å². The maximum absolute atomic E-state index is 14.1. The van der Waals surface area contributed by atoms with Crippen LogP contribution < -0.4 is 15.4 Å². The van der Waals surface area contributed by atoms with Gasteiger partial charge >= 0.3 is 0 Å². The highest BCUT2D eigenvalue weighted by atomic mass is 32.1. The van der Waals surface area contributed by atoms with Gasteiger partial charge in [0.1, 0.15) is 24.4 Å². The molecule has 2 atom stereocenters. The molecule has 2 N–H and O–H groups in total. The molecular formula is C38H53N5O7S. The van der Waals surface area contributed by atoms with Crippen molar-refractivity contribution in [3.05, 3.63) is 71.4 Å². The van der Waals surface area contributed by atoms with E-state index in [-0.39, 0.29) is 36.7 Å². The average Bonchev–Trinajstić information content (AvgIpc) is 3.86. The summed E-state index contributed by atoms with van der Waals surface area (Å²) in [5, 5.41) is 6.09. The largest absolute Gasteiger partial charge is 0.491 e. The van der Waals surface area contributed by atoms with Crippen LogP contribution in [0.2, 0.25) is 0 Å². The van der Waals surface area contributed by atoms with Crippen molar-refractivity contribution in [2.45, 2.75) is 52.2 Å². The lowest BCUT2D eigenvalue weighted by molar-refractivity contribution is -0.147. The number of ether oxygens (including phenoxy) is 4. The van der Waals surface area contributed by atoms with Gasteiger partial charge in [-0.2, -0.15) is 0 Å². The molecule has 1 aromatic carbocycles. The van der Waals surface area contributed by atoms with Gasteiger partial charge in [0, 0.05) is 37.3 Å². The molecule has 1 aromatic heterocycles. The first kappa shape index (κ1) is 39.9. The monoisotopic (exact) mass is 723 g/mol. The summed E-state index contributed by atoms with van der Waals surface area (Å²) in [6.45, 7) is 18.4. The van der Waals surface area contributed by atoms with E-state index in [0.717, 1.165) is 33.8 Å². The Labute approximate surface area is 305 Å². The zero-order chi connectivity index (χ0) is 36.8. The number of nitrogens with one attached hydrogen (secondary N) is 2. The molecule has 0 aliphatic carbocycles. The highest BCUT2D eigenvalue weighted by Gasteiger charge is 2.43. The fourth-order valence-electron chi connectivity index (χ4n) is 6.28. The maximum atomic E-state index is 14.1. The van der Waals surface area contributed by atoms with Crippen molar-refractivity contribution in [3.63, 3.8) is 0 Å². The molecule has 13 heteroatoms. The number of benzene rings is 1. The molecule has 3 heterocycles. The number of amides is 3. The van der Waals surface area contributed by atoms with Crippen LogP contribution in [-0.2, 0) is 35.1 Å². The molecule has 2 aliphatic rings. The number of likely N-dealkylation sites (tertiary alicyclic amines) is 1. The first-order valence-corrected chi connectivity index (χ1v) is 18.5. The van der Waals surface area contributed by atoms with Crippen LogP contribution in [0.3, 0.4) is 0 Å². The van der Waals surface area contributed by atoms with Gasteiger partial charge in [-0.05, 0) is 49.9 Å². The zero-order valence-electron chi connectivity index (χ0n) is 30.4. The number of carbonyl (C=O) groups excluding carboxylic acids is 3. The van der Waals surface area contributed by atoms with Crippen molar-refractivity contribution in [3.8, 4) is 16.2 Å². The molecule has 12 nitrogen and oxygen atoms in total. The van der Waals surface area contributed by atoms with Crippen LogP contribution in [0.1, 0.15) is 37.9 Å². The number of aromatic nitrogens is 1. The summed E-state index contributed by atoms with van der Waals surface area (Å²) in [4.78, 5) is 49.7. The third kappa shape index (κ3) is 10.6. The van der Waals surface area contributed by atoms with Gasteiger partial charge in [0.2, 0.25) is 11.8 Å². The molecule has 51 heavy (non-hydrogen) atoms. The number of aryl methyl sites for hydroxylation is 1. The standard InChI is InChI=1S/C38H53N5O7S/c1-7-28-24-43(37(45)31(28)8-2)34(26(3)4)38(46)42-14-9-10-32(42)36(44)40-23-30-12-11-29(35-27(5)41-25-51-35)22-33(30)50-21-20-49-19-18-48-17-16-47-15-13-39-6/h7-8,11-12,22,25-26,32,34,39H,1-2,9-10,13-21,23-24H2,3-6H3,(H,40,44). The van der Waals surface area contributed by atoms with Gasteiger partial charge in [0.15, 0.2) is 0 Å². The Hall–Kier alpha value is -3.88. The SMILES string of the molecule is C=CC1=C(C=C)C(=O)N(C(C(=O)N2CCCC2C(=O)NCc2ccc(-c3scnc3C)cc2OCCOCCOCCOCCNC)C(C)C)C1. The summed E-state index contributed by atoms with van der Waals surface area (Å²) >= 11 is 1.56. The van der Waals surface area contributed by atoms with Gasteiger partial charge in [0.05, 0.1) is 55.7 Å². The highest BCUT2D eigenvalue weighted by Crippen LogP contribution is 2.33.